The van der Waals surface area contributed by atoms with E-state index in [0.29, 0.717) is 5.75 Å². The number of phenols is 1. The van der Waals surface area contributed by atoms with Gasteiger partial charge in [0.05, 0.1) is 0 Å². The molecular weight excluding hydrogens is 248 g/mol. The highest BCUT2D eigenvalue weighted by Gasteiger charge is 2.15. The second-order valence-corrected chi connectivity index (χ2v) is 5.28. The Morgan fingerprint density at radius 2 is 1.25 bits per heavy atom. The molecule has 0 atom stereocenters. The average molecular weight is 278 g/mol. The third-order valence-corrected chi connectivity index (χ3v) is 4.19. The van der Waals surface area contributed by atoms with Crippen LogP contribution < -0.4 is 0 Å². The second kappa shape index (κ2) is 8.28. The molecule has 0 aliphatic heterocycles. The van der Waals surface area contributed by atoms with Crippen LogP contribution >= 0.6 is 0 Å². The summed E-state index contributed by atoms with van der Waals surface area (Å²) in [4.78, 5) is 4.74. The van der Waals surface area contributed by atoms with Crippen molar-refractivity contribution in [2.75, 3.05) is 26.2 Å². The minimum Gasteiger partial charge on any atom is -0.508 e. The Hall–Kier alpha value is -1.06. The molecule has 0 aliphatic carbocycles. The van der Waals surface area contributed by atoms with Crippen LogP contribution in [0.2, 0.25) is 0 Å². The molecule has 114 valence electrons. The van der Waals surface area contributed by atoms with Gasteiger partial charge < -0.3 is 5.11 Å². The summed E-state index contributed by atoms with van der Waals surface area (Å²) in [6.45, 7) is 16.7. The van der Waals surface area contributed by atoms with Gasteiger partial charge in [0, 0.05) is 18.7 Å². The minimum atomic E-state index is 0.435. The van der Waals surface area contributed by atoms with Crippen molar-refractivity contribution in [1.82, 2.24) is 9.80 Å². The zero-order valence-electron chi connectivity index (χ0n) is 13.7. The van der Waals surface area contributed by atoms with E-state index >= 15 is 0 Å². The summed E-state index contributed by atoms with van der Waals surface area (Å²) < 4.78 is 0. The summed E-state index contributed by atoms with van der Waals surface area (Å²) in [6, 6.07) is 3.86. The fourth-order valence-corrected chi connectivity index (χ4v) is 2.54. The molecule has 0 aromatic heterocycles. The van der Waals surface area contributed by atoms with Crippen LogP contribution in [0.15, 0.2) is 12.1 Å². The smallest absolute Gasteiger partial charge is 0.120 e. The molecule has 3 heteroatoms. The van der Waals surface area contributed by atoms with Gasteiger partial charge in [0.15, 0.2) is 0 Å². The minimum absolute atomic E-state index is 0.435. The molecule has 1 aromatic rings. The SMILES string of the molecule is CCN(CC)Cc1c(C)ccc(O)c1CN(CC)CC. The molecule has 1 N–H and O–H groups in total. The first-order valence-corrected chi connectivity index (χ1v) is 7.82. The molecule has 0 bridgehead atoms. The summed E-state index contributed by atoms with van der Waals surface area (Å²) in [5.41, 5.74) is 3.66. The van der Waals surface area contributed by atoms with Crippen LogP contribution in [0.1, 0.15) is 44.4 Å². The molecule has 0 radical (unpaired) electrons. The van der Waals surface area contributed by atoms with Crippen molar-refractivity contribution in [3.63, 3.8) is 0 Å². The van der Waals surface area contributed by atoms with Crippen LogP contribution in [0.5, 0.6) is 5.75 Å². The first kappa shape index (κ1) is 17.0. The Bertz CT molecular complexity index is 371. The van der Waals surface area contributed by atoms with Gasteiger partial charge in [0.2, 0.25) is 0 Å². The lowest BCUT2D eigenvalue weighted by Crippen LogP contribution is -2.26. The number of phenolic OH excluding ortho intramolecular Hbond substituents is 1. The summed E-state index contributed by atoms with van der Waals surface area (Å²) in [6.07, 6.45) is 0. The number of aryl methyl sites for hydroxylation is 1. The molecule has 0 heterocycles. The molecule has 1 aromatic carbocycles. The molecular formula is C17H30N2O. The maximum atomic E-state index is 10.3. The van der Waals surface area contributed by atoms with Gasteiger partial charge in [-0.1, -0.05) is 33.8 Å². The molecule has 0 amide bonds. The first-order valence-electron chi connectivity index (χ1n) is 7.82. The highest BCUT2D eigenvalue weighted by atomic mass is 16.3. The maximum Gasteiger partial charge on any atom is 0.120 e. The summed E-state index contributed by atoms with van der Waals surface area (Å²) in [7, 11) is 0. The zero-order chi connectivity index (χ0) is 15.1. The predicted molar refractivity (Wildman–Crippen MR) is 86.1 cm³/mol. The van der Waals surface area contributed by atoms with E-state index in [4.69, 9.17) is 0 Å². The van der Waals surface area contributed by atoms with Crippen LogP contribution in [0.4, 0.5) is 0 Å². The van der Waals surface area contributed by atoms with Crippen molar-refractivity contribution in [3.05, 3.63) is 28.8 Å². The van der Waals surface area contributed by atoms with Crippen molar-refractivity contribution < 1.29 is 5.11 Å². The van der Waals surface area contributed by atoms with E-state index in [9.17, 15) is 5.11 Å². The molecule has 3 nitrogen and oxygen atoms in total. The highest BCUT2D eigenvalue weighted by molar-refractivity contribution is 5.44. The Labute approximate surface area is 124 Å². The van der Waals surface area contributed by atoms with E-state index in [2.05, 4.69) is 44.4 Å². The molecule has 20 heavy (non-hydrogen) atoms. The van der Waals surface area contributed by atoms with Gasteiger partial charge in [-0.25, -0.2) is 0 Å². The lowest BCUT2D eigenvalue weighted by molar-refractivity contribution is 0.275. The summed E-state index contributed by atoms with van der Waals surface area (Å²) in [5, 5.41) is 10.3. The van der Waals surface area contributed by atoms with E-state index < -0.39 is 0 Å². The Balaban J connectivity index is 3.10. The Morgan fingerprint density at radius 1 is 0.800 bits per heavy atom. The standard InChI is InChI=1S/C17H30N2O/c1-6-18(7-2)12-15-14(5)10-11-17(20)16(15)13-19(8-3)9-4/h10-11,20H,6-9,12-13H2,1-5H3. The van der Waals surface area contributed by atoms with Gasteiger partial charge in [-0.15, -0.1) is 0 Å². The van der Waals surface area contributed by atoms with Gasteiger partial charge in [-0.2, -0.15) is 0 Å². The lowest BCUT2D eigenvalue weighted by Gasteiger charge is -2.25. The van der Waals surface area contributed by atoms with Gasteiger partial charge in [0.1, 0.15) is 5.75 Å². The van der Waals surface area contributed by atoms with Gasteiger partial charge in [0.25, 0.3) is 0 Å². The van der Waals surface area contributed by atoms with Crippen molar-refractivity contribution in [1.29, 1.82) is 0 Å². The number of hydrogen-bond acceptors (Lipinski definition) is 3. The van der Waals surface area contributed by atoms with E-state index in [1.807, 2.05) is 12.1 Å². The van der Waals surface area contributed by atoms with E-state index in [0.717, 1.165) is 44.8 Å². The maximum absolute atomic E-state index is 10.3. The lowest BCUT2D eigenvalue weighted by atomic mass is 9.99. The number of benzene rings is 1. The van der Waals surface area contributed by atoms with Crippen LogP contribution in [0.3, 0.4) is 0 Å². The predicted octanol–water partition coefficient (Wildman–Crippen LogP) is 3.38. The fourth-order valence-electron chi connectivity index (χ4n) is 2.54. The number of aromatic hydroxyl groups is 1. The summed E-state index contributed by atoms with van der Waals surface area (Å²) >= 11 is 0. The molecule has 0 aliphatic rings. The van der Waals surface area contributed by atoms with Gasteiger partial charge in [-0.3, -0.25) is 9.80 Å². The number of nitrogens with zero attached hydrogens (tertiary/aromatic N) is 2. The number of rotatable bonds is 8. The Kier molecular flexibility index (Phi) is 7.03. The third kappa shape index (κ3) is 4.22. The summed E-state index contributed by atoms with van der Waals surface area (Å²) in [5.74, 6) is 0.435. The number of hydrogen-bond donors (Lipinski definition) is 1. The van der Waals surface area contributed by atoms with E-state index in [1.165, 1.54) is 11.1 Å². The van der Waals surface area contributed by atoms with Gasteiger partial charge >= 0.3 is 0 Å². The van der Waals surface area contributed by atoms with Crippen molar-refractivity contribution in [2.24, 2.45) is 0 Å². The molecule has 0 fully saturated rings. The topological polar surface area (TPSA) is 26.7 Å². The Morgan fingerprint density at radius 3 is 1.70 bits per heavy atom. The molecule has 0 saturated heterocycles. The zero-order valence-corrected chi connectivity index (χ0v) is 13.7. The van der Waals surface area contributed by atoms with Crippen molar-refractivity contribution in [3.8, 4) is 5.75 Å². The van der Waals surface area contributed by atoms with Crippen molar-refractivity contribution in [2.45, 2.75) is 47.7 Å². The first-order chi connectivity index (χ1) is 9.57. The van der Waals surface area contributed by atoms with Crippen LogP contribution in [-0.4, -0.2) is 41.1 Å². The average Bonchev–Trinajstić information content (AvgIpc) is 2.47. The van der Waals surface area contributed by atoms with Crippen LogP contribution in [0.25, 0.3) is 0 Å². The second-order valence-electron chi connectivity index (χ2n) is 5.28. The molecule has 1 rings (SSSR count). The quantitative estimate of drug-likeness (QED) is 0.789. The third-order valence-electron chi connectivity index (χ3n) is 4.19. The molecule has 0 spiro atoms. The van der Waals surface area contributed by atoms with Crippen LogP contribution in [0, 0.1) is 6.92 Å². The largest absolute Gasteiger partial charge is 0.508 e. The fraction of sp³-hybridized carbons (Fsp3) is 0.647. The highest BCUT2D eigenvalue weighted by Crippen LogP contribution is 2.27. The monoisotopic (exact) mass is 278 g/mol. The van der Waals surface area contributed by atoms with Gasteiger partial charge in [-0.05, 0) is 50.3 Å². The molecule has 0 saturated carbocycles. The molecule has 0 unspecified atom stereocenters. The van der Waals surface area contributed by atoms with Crippen LogP contribution in [-0.2, 0) is 13.1 Å². The van der Waals surface area contributed by atoms with E-state index in [1.54, 1.807) is 0 Å². The normalized spacial score (nSPS) is 11.6. The van der Waals surface area contributed by atoms with E-state index in [-0.39, 0.29) is 0 Å². The van der Waals surface area contributed by atoms with Crippen molar-refractivity contribution >= 4 is 0 Å².